The normalized spacial score (nSPS) is 11.8. The molecular weight excluding hydrogens is 1300 g/mol. The van der Waals surface area contributed by atoms with E-state index < -0.39 is 0 Å². The highest BCUT2D eigenvalue weighted by atomic mass is 16.6. The molecule has 0 aromatic carbocycles. The molecule has 0 spiro atoms. The Kier molecular flexibility index (Phi) is 95.8. The molecule has 0 aliphatic carbocycles. The SMILES string of the molecule is CCCCCCCCCCCCCCCCCOCCOCCOCCOCCOCCOCCOCCOCCOCCOCCOCCOCCOCCOCCOCCOCCOCCOCCOCCOCCOCCOCCOCCOCCOCCOCCOCCO. The molecule has 99 heavy (non-hydrogen) atoms. The highest BCUT2D eigenvalue weighted by Gasteiger charge is 2.03. The molecule has 1 N–H and O–H groups in total. The molecule has 28 heteroatoms. The van der Waals surface area contributed by atoms with E-state index >= 15 is 0 Å². The molecule has 0 saturated carbocycles. The maximum Gasteiger partial charge on any atom is 0.0701 e. The Morgan fingerprint density at radius 2 is 0.202 bits per heavy atom. The molecule has 0 amide bonds. The Bertz CT molecular complexity index is 1270. The fourth-order valence-corrected chi connectivity index (χ4v) is 8.46. The fourth-order valence-electron chi connectivity index (χ4n) is 8.46. The molecule has 0 bridgehead atoms. The Morgan fingerprint density at radius 3 is 0.313 bits per heavy atom. The zero-order valence-electron chi connectivity index (χ0n) is 62.0. The Balaban J connectivity index is 3.09. The van der Waals surface area contributed by atoms with Gasteiger partial charge in [0.2, 0.25) is 0 Å². The van der Waals surface area contributed by atoms with Crippen molar-refractivity contribution in [3.8, 4) is 0 Å². The van der Waals surface area contributed by atoms with Crippen LogP contribution in [0.5, 0.6) is 0 Å². The largest absolute Gasteiger partial charge is 0.394 e. The van der Waals surface area contributed by atoms with Gasteiger partial charge < -0.3 is 133 Å². The molecule has 0 aromatic heterocycles. The molecule has 0 atom stereocenters. The van der Waals surface area contributed by atoms with E-state index in [1.807, 2.05) is 0 Å². The molecule has 0 heterocycles. The van der Waals surface area contributed by atoms with Crippen LogP contribution in [0.2, 0.25) is 0 Å². The predicted molar refractivity (Wildman–Crippen MR) is 374 cm³/mol. The molecule has 0 radical (unpaired) electrons. The first-order valence-corrected chi connectivity index (χ1v) is 37.6. The lowest BCUT2D eigenvalue weighted by molar-refractivity contribution is -0.0323. The first-order valence-electron chi connectivity index (χ1n) is 37.6. The van der Waals surface area contributed by atoms with Gasteiger partial charge in [-0.05, 0) is 6.42 Å². The molecule has 0 unspecified atom stereocenters. The smallest absolute Gasteiger partial charge is 0.0701 e. The zero-order chi connectivity index (χ0) is 70.6. The van der Waals surface area contributed by atoms with E-state index in [4.69, 9.17) is 133 Å². The number of unbranched alkanes of at least 4 members (excludes halogenated alkanes) is 14. The summed E-state index contributed by atoms with van der Waals surface area (Å²) in [6.07, 6.45) is 20.6. The van der Waals surface area contributed by atoms with Gasteiger partial charge in [0.15, 0.2) is 0 Å². The molecule has 0 aliphatic heterocycles. The van der Waals surface area contributed by atoms with Gasteiger partial charge in [-0.2, -0.15) is 0 Å². The van der Waals surface area contributed by atoms with Crippen LogP contribution >= 0.6 is 0 Å². The van der Waals surface area contributed by atoms with E-state index in [2.05, 4.69) is 6.92 Å². The lowest BCUT2D eigenvalue weighted by Crippen LogP contribution is -2.16. The predicted octanol–water partition coefficient (Wildman–Crippen LogP) is 6.30. The van der Waals surface area contributed by atoms with Gasteiger partial charge in [-0.3, -0.25) is 0 Å². The van der Waals surface area contributed by atoms with Gasteiger partial charge >= 0.3 is 0 Å². The van der Waals surface area contributed by atoms with Crippen LogP contribution in [-0.4, -0.2) is 368 Å². The van der Waals surface area contributed by atoms with E-state index in [9.17, 15) is 0 Å². The van der Waals surface area contributed by atoms with Gasteiger partial charge in [0.1, 0.15) is 0 Å². The maximum atomic E-state index is 8.62. The van der Waals surface area contributed by atoms with Crippen LogP contribution in [0.4, 0.5) is 0 Å². The van der Waals surface area contributed by atoms with E-state index in [-0.39, 0.29) is 6.61 Å². The Hall–Kier alpha value is -1.12. The Morgan fingerprint density at radius 1 is 0.111 bits per heavy atom. The van der Waals surface area contributed by atoms with Crippen molar-refractivity contribution in [1.29, 1.82) is 0 Å². The molecule has 0 rings (SSSR count). The summed E-state index contributed by atoms with van der Waals surface area (Å²) in [5, 5.41) is 8.62. The highest BCUT2D eigenvalue weighted by Crippen LogP contribution is 2.13. The molecule has 0 fully saturated rings. The number of ether oxygens (including phenoxy) is 27. The van der Waals surface area contributed by atoms with Crippen molar-refractivity contribution in [3.63, 3.8) is 0 Å². The van der Waals surface area contributed by atoms with Crippen LogP contribution in [0.15, 0.2) is 0 Å². The van der Waals surface area contributed by atoms with Crippen LogP contribution in [0, 0.1) is 0 Å². The summed E-state index contributed by atoms with van der Waals surface area (Å²) in [5.41, 5.74) is 0. The highest BCUT2D eigenvalue weighted by molar-refractivity contribution is 4.51. The number of hydrogen-bond donors (Lipinski definition) is 1. The standard InChI is InChI=1S/C71H144O28/c1-2-3-4-5-6-7-8-9-10-11-12-13-14-15-16-18-73-20-22-75-24-26-77-28-30-79-32-34-81-36-38-83-40-42-85-44-46-87-48-50-89-52-54-91-56-58-93-60-62-95-64-66-97-68-70-99-71-69-98-67-65-96-63-61-94-59-57-92-55-53-90-51-49-88-47-45-86-43-41-84-39-37-82-35-33-80-31-29-78-27-25-76-23-21-74-19-17-72/h72H,2-71H2,1H3. The average Bonchev–Trinajstić information content (AvgIpc) is 3.64. The van der Waals surface area contributed by atoms with Gasteiger partial charge in [-0.15, -0.1) is 0 Å². The minimum absolute atomic E-state index is 0.0175. The summed E-state index contributed by atoms with van der Waals surface area (Å²) >= 11 is 0. The van der Waals surface area contributed by atoms with Crippen molar-refractivity contribution in [1.82, 2.24) is 0 Å². The van der Waals surface area contributed by atoms with Crippen LogP contribution in [0.25, 0.3) is 0 Å². The second-order valence-electron chi connectivity index (χ2n) is 22.2. The Labute approximate surface area is 597 Å². The van der Waals surface area contributed by atoms with Crippen molar-refractivity contribution in [3.05, 3.63) is 0 Å². The van der Waals surface area contributed by atoms with E-state index in [1.165, 1.54) is 89.9 Å². The van der Waals surface area contributed by atoms with Gasteiger partial charge in [0.25, 0.3) is 0 Å². The number of aliphatic hydroxyl groups is 1. The van der Waals surface area contributed by atoms with Gasteiger partial charge in [0, 0.05) is 6.61 Å². The molecule has 0 aromatic rings. The van der Waals surface area contributed by atoms with Crippen LogP contribution in [0.3, 0.4) is 0 Å². The van der Waals surface area contributed by atoms with E-state index in [0.717, 1.165) is 13.0 Å². The third kappa shape index (κ3) is 96.9. The quantitative estimate of drug-likeness (QED) is 0.0655. The second-order valence-corrected chi connectivity index (χ2v) is 22.2. The molecule has 0 aliphatic rings. The summed E-state index contributed by atoms with van der Waals surface area (Å²) in [7, 11) is 0. The van der Waals surface area contributed by atoms with Crippen LogP contribution in [-0.2, 0) is 128 Å². The minimum Gasteiger partial charge on any atom is -0.394 e. The monoisotopic (exact) mass is 1440 g/mol. The molecule has 0 saturated heterocycles. The third-order valence-electron chi connectivity index (χ3n) is 13.8. The first kappa shape index (κ1) is 97.9. The average molecular weight is 1450 g/mol. The van der Waals surface area contributed by atoms with Crippen molar-refractivity contribution in [2.75, 3.05) is 363 Å². The van der Waals surface area contributed by atoms with Crippen LogP contribution in [0.1, 0.15) is 103 Å². The van der Waals surface area contributed by atoms with Gasteiger partial charge in [-0.25, -0.2) is 0 Å². The van der Waals surface area contributed by atoms with E-state index in [1.54, 1.807) is 0 Å². The third-order valence-corrected chi connectivity index (χ3v) is 13.8. The number of aliphatic hydroxyl groups excluding tert-OH is 1. The lowest BCUT2D eigenvalue weighted by atomic mass is 10.0. The van der Waals surface area contributed by atoms with E-state index in [0.29, 0.717) is 350 Å². The van der Waals surface area contributed by atoms with Crippen LogP contribution < -0.4 is 0 Å². The van der Waals surface area contributed by atoms with Gasteiger partial charge in [-0.1, -0.05) is 96.8 Å². The topological polar surface area (TPSA) is 269 Å². The molecule has 28 nitrogen and oxygen atoms in total. The first-order chi connectivity index (χ1) is 49.4. The maximum absolute atomic E-state index is 8.62. The fraction of sp³-hybridized carbons (Fsp3) is 1.00. The summed E-state index contributed by atoms with van der Waals surface area (Å²) in [5.74, 6) is 0. The summed E-state index contributed by atoms with van der Waals surface area (Å²) in [4.78, 5) is 0. The van der Waals surface area contributed by atoms with Crippen molar-refractivity contribution in [2.24, 2.45) is 0 Å². The number of hydrogen-bond acceptors (Lipinski definition) is 28. The molecular formula is C71H144O28. The number of rotatable bonds is 96. The zero-order valence-corrected chi connectivity index (χ0v) is 62.0. The van der Waals surface area contributed by atoms with Crippen molar-refractivity contribution < 1.29 is 133 Å². The summed E-state index contributed by atoms with van der Waals surface area (Å²) in [6, 6.07) is 0. The molecule has 596 valence electrons. The lowest BCUT2D eigenvalue weighted by Gasteiger charge is -2.09. The van der Waals surface area contributed by atoms with Crippen molar-refractivity contribution in [2.45, 2.75) is 103 Å². The second kappa shape index (κ2) is 96.9. The summed E-state index contributed by atoms with van der Waals surface area (Å²) < 4.78 is 149. The van der Waals surface area contributed by atoms with Crippen molar-refractivity contribution >= 4 is 0 Å². The minimum atomic E-state index is 0.0175. The summed E-state index contributed by atoms with van der Waals surface area (Å²) in [6.45, 7) is 29.3. The van der Waals surface area contributed by atoms with Gasteiger partial charge in [0.05, 0.1) is 357 Å².